The van der Waals surface area contributed by atoms with Crippen LogP contribution in [0.15, 0.2) is 18.5 Å². The molecular formula is C12H12N4O2. The van der Waals surface area contributed by atoms with E-state index in [9.17, 15) is 10.1 Å². The molecule has 0 saturated heterocycles. The summed E-state index contributed by atoms with van der Waals surface area (Å²) >= 11 is 0. The zero-order valence-electron chi connectivity index (χ0n) is 9.86. The van der Waals surface area contributed by atoms with Crippen molar-refractivity contribution in [1.29, 1.82) is 0 Å². The second-order valence-corrected chi connectivity index (χ2v) is 4.29. The molecule has 3 aromatic rings. The summed E-state index contributed by atoms with van der Waals surface area (Å²) in [6.45, 7) is 2.08. The maximum atomic E-state index is 11.1. The Balaban J connectivity index is 2.46. The number of hydrogen-bond acceptors (Lipinski definition) is 3. The minimum atomic E-state index is -0.377. The lowest BCUT2D eigenvalue weighted by Gasteiger charge is -1.99. The molecule has 0 amide bonds. The van der Waals surface area contributed by atoms with Gasteiger partial charge in [-0.15, -0.1) is 0 Å². The molecule has 0 saturated carbocycles. The van der Waals surface area contributed by atoms with E-state index in [1.54, 1.807) is 18.5 Å². The molecule has 2 N–H and O–H groups in total. The Kier molecular flexibility index (Phi) is 2.29. The van der Waals surface area contributed by atoms with Gasteiger partial charge < -0.3 is 10.2 Å². The molecule has 2 aromatic heterocycles. The summed E-state index contributed by atoms with van der Waals surface area (Å²) < 4.78 is 0. The standard InChI is InChI=1S/C12H12N4O2/c1-2-3-7-5-13-12-9(16(17)18)4-8-6-14-15-11(8)10(7)12/h4-6,14-15H,2-3H2,1H3. The van der Waals surface area contributed by atoms with Crippen molar-refractivity contribution in [2.75, 3.05) is 0 Å². The predicted molar refractivity (Wildman–Crippen MR) is 68.6 cm³/mol. The third kappa shape index (κ3) is 1.38. The van der Waals surface area contributed by atoms with Crippen molar-refractivity contribution in [2.24, 2.45) is 0 Å². The van der Waals surface area contributed by atoms with E-state index in [0.717, 1.165) is 34.7 Å². The highest BCUT2D eigenvalue weighted by Gasteiger charge is 2.20. The first-order valence-electron chi connectivity index (χ1n) is 5.82. The second kappa shape index (κ2) is 3.83. The van der Waals surface area contributed by atoms with Gasteiger partial charge in [0.1, 0.15) is 0 Å². The van der Waals surface area contributed by atoms with Crippen LogP contribution in [0.1, 0.15) is 18.9 Å². The molecule has 1 aromatic carbocycles. The number of nitro groups is 1. The van der Waals surface area contributed by atoms with Gasteiger partial charge in [-0.1, -0.05) is 13.3 Å². The molecule has 0 radical (unpaired) electrons. The van der Waals surface area contributed by atoms with Crippen LogP contribution < -0.4 is 0 Å². The van der Waals surface area contributed by atoms with Gasteiger partial charge in [0.2, 0.25) is 0 Å². The summed E-state index contributed by atoms with van der Waals surface area (Å²) in [6, 6.07) is 1.55. The van der Waals surface area contributed by atoms with Gasteiger partial charge in [-0.25, -0.2) is 4.98 Å². The molecule has 0 bridgehead atoms. The molecule has 2 heterocycles. The van der Waals surface area contributed by atoms with Crippen molar-refractivity contribution in [2.45, 2.75) is 19.8 Å². The van der Waals surface area contributed by atoms with E-state index in [2.05, 4.69) is 22.1 Å². The molecule has 6 nitrogen and oxygen atoms in total. The zero-order chi connectivity index (χ0) is 12.7. The van der Waals surface area contributed by atoms with Crippen LogP contribution in [0.2, 0.25) is 0 Å². The first-order valence-corrected chi connectivity index (χ1v) is 5.82. The van der Waals surface area contributed by atoms with Crippen LogP contribution in [0, 0.1) is 10.1 Å². The summed E-state index contributed by atoms with van der Waals surface area (Å²) in [5, 5.41) is 18.7. The fourth-order valence-electron chi connectivity index (χ4n) is 2.36. The van der Waals surface area contributed by atoms with Crippen LogP contribution in [0.4, 0.5) is 5.69 Å². The quantitative estimate of drug-likeness (QED) is 0.548. The number of nitro benzene ring substituents is 1. The lowest BCUT2D eigenvalue weighted by molar-refractivity contribution is -0.383. The third-order valence-electron chi connectivity index (χ3n) is 3.12. The van der Waals surface area contributed by atoms with Gasteiger partial charge in [0, 0.05) is 29.2 Å². The van der Waals surface area contributed by atoms with E-state index in [4.69, 9.17) is 0 Å². The fourth-order valence-corrected chi connectivity index (χ4v) is 2.36. The SMILES string of the molecule is CCCc1cnc2c([N+](=O)[O-])cc3c[nH][nH]c3c12. The molecule has 0 unspecified atom stereocenters. The van der Waals surface area contributed by atoms with Crippen molar-refractivity contribution in [1.82, 2.24) is 15.2 Å². The van der Waals surface area contributed by atoms with E-state index in [-0.39, 0.29) is 10.6 Å². The molecule has 18 heavy (non-hydrogen) atoms. The molecule has 0 atom stereocenters. The van der Waals surface area contributed by atoms with Gasteiger partial charge in [-0.2, -0.15) is 0 Å². The van der Waals surface area contributed by atoms with E-state index in [1.165, 1.54) is 0 Å². The van der Waals surface area contributed by atoms with Crippen molar-refractivity contribution < 1.29 is 4.92 Å². The van der Waals surface area contributed by atoms with Gasteiger partial charge >= 0.3 is 0 Å². The van der Waals surface area contributed by atoms with Gasteiger partial charge in [-0.3, -0.25) is 10.1 Å². The monoisotopic (exact) mass is 244 g/mol. The number of fused-ring (bicyclic) bond motifs is 3. The highest BCUT2D eigenvalue weighted by atomic mass is 16.6. The third-order valence-corrected chi connectivity index (χ3v) is 3.12. The number of nitrogens with zero attached hydrogens (tertiary/aromatic N) is 2. The Morgan fingerprint density at radius 1 is 1.50 bits per heavy atom. The van der Waals surface area contributed by atoms with Gasteiger partial charge in [-0.05, 0) is 12.0 Å². The van der Waals surface area contributed by atoms with Crippen LogP contribution in [0.3, 0.4) is 0 Å². The van der Waals surface area contributed by atoms with Gasteiger partial charge in [0.15, 0.2) is 5.52 Å². The summed E-state index contributed by atoms with van der Waals surface area (Å²) in [4.78, 5) is 14.9. The molecule has 92 valence electrons. The largest absolute Gasteiger partial charge is 0.307 e. The lowest BCUT2D eigenvalue weighted by atomic mass is 10.1. The smallest absolute Gasteiger partial charge is 0.296 e. The highest BCUT2D eigenvalue weighted by Crippen LogP contribution is 2.34. The van der Waals surface area contributed by atoms with E-state index in [0.29, 0.717) is 5.52 Å². The average Bonchev–Trinajstić information content (AvgIpc) is 2.93. The van der Waals surface area contributed by atoms with Crippen LogP contribution in [0.25, 0.3) is 21.8 Å². The normalized spacial score (nSPS) is 11.4. The summed E-state index contributed by atoms with van der Waals surface area (Å²) in [7, 11) is 0. The minimum absolute atomic E-state index is 0.0628. The van der Waals surface area contributed by atoms with Crippen molar-refractivity contribution in [3.8, 4) is 0 Å². The number of nitrogens with one attached hydrogen (secondary N) is 2. The Bertz CT molecular complexity index is 741. The van der Waals surface area contributed by atoms with Gasteiger partial charge in [0.05, 0.1) is 10.4 Å². The van der Waals surface area contributed by atoms with Crippen LogP contribution in [0.5, 0.6) is 0 Å². The van der Waals surface area contributed by atoms with Gasteiger partial charge in [0.25, 0.3) is 5.69 Å². The number of benzene rings is 1. The number of aromatic nitrogens is 3. The molecule has 3 rings (SSSR count). The van der Waals surface area contributed by atoms with Crippen LogP contribution in [-0.4, -0.2) is 20.1 Å². The molecule has 0 fully saturated rings. The first-order chi connectivity index (χ1) is 8.72. The maximum absolute atomic E-state index is 11.1. The topological polar surface area (TPSA) is 87.6 Å². The van der Waals surface area contributed by atoms with Crippen molar-refractivity contribution in [3.63, 3.8) is 0 Å². The summed E-state index contributed by atoms with van der Waals surface area (Å²) in [5.41, 5.74) is 2.47. The number of hydrogen-bond donors (Lipinski definition) is 2. The summed E-state index contributed by atoms with van der Waals surface area (Å²) in [6.07, 6.45) is 5.31. The number of aryl methyl sites for hydroxylation is 1. The van der Waals surface area contributed by atoms with Crippen LogP contribution >= 0.6 is 0 Å². The summed E-state index contributed by atoms with van der Waals surface area (Å²) in [5.74, 6) is 0. The van der Waals surface area contributed by atoms with Crippen LogP contribution in [-0.2, 0) is 6.42 Å². The second-order valence-electron chi connectivity index (χ2n) is 4.29. The van der Waals surface area contributed by atoms with E-state index < -0.39 is 0 Å². The van der Waals surface area contributed by atoms with E-state index in [1.807, 2.05) is 0 Å². The maximum Gasteiger partial charge on any atom is 0.296 e. The molecule has 0 aliphatic rings. The molecule has 0 aliphatic heterocycles. The first kappa shape index (κ1) is 10.8. The minimum Gasteiger partial charge on any atom is -0.307 e. The fraction of sp³-hybridized carbons (Fsp3) is 0.250. The number of H-pyrrole nitrogens is 2. The Labute approximate surface area is 102 Å². The van der Waals surface area contributed by atoms with Crippen molar-refractivity contribution in [3.05, 3.63) is 34.1 Å². The zero-order valence-corrected chi connectivity index (χ0v) is 9.86. The van der Waals surface area contributed by atoms with E-state index >= 15 is 0 Å². The molecule has 6 heteroatoms. The Hall–Kier alpha value is -2.37. The predicted octanol–water partition coefficient (Wildman–Crippen LogP) is 2.90. The average molecular weight is 244 g/mol. The number of rotatable bonds is 3. The molecule has 0 spiro atoms. The lowest BCUT2D eigenvalue weighted by Crippen LogP contribution is -1.90. The Morgan fingerprint density at radius 3 is 3.06 bits per heavy atom. The number of non-ortho nitro benzene ring substituents is 1. The number of aromatic amines is 2. The Morgan fingerprint density at radius 2 is 2.33 bits per heavy atom. The molecule has 0 aliphatic carbocycles. The highest BCUT2D eigenvalue weighted by molar-refractivity contribution is 6.10. The molecular weight excluding hydrogens is 232 g/mol. The van der Waals surface area contributed by atoms with Crippen molar-refractivity contribution >= 4 is 27.5 Å².